The summed E-state index contributed by atoms with van der Waals surface area (Å²) in [6.07, 6.45) is 0.0361. The van der Waals surface area contributed by atoms with E-state index in [0.29, 0.717) is 0 Å². The lowest BCUT2D eigenvalue weighted by molar-refractivity contribution is -0.148. The van der Waals surface area contributed by atoms with Gasteiger partial charge in [-0.3, -0.25) is 14.4 Å². The average Bonchev–Trinajstić information content (AvgIpc) is 2.86. The molecule has 0 saturated carbocycles. The maximum absolute atomic E-state index is 14.2. The second-order valence-corrected chi connectivity index (χ2v) is 8.17. The largest absolute Gasteiger partial charge is 0.466 e. The summed E-state index contributed by atoms with van der Waals surface area (Å²) in [4.78, 5) is 38.7. The van der Waals surface area contributed by atoms with Gasteiger partial charge in [0.25, 0.3) is 0 Å². The number of hydrogen-bond donors (Lipinski definition) is 2. The number of carbonyl (C=O) groups excluding carboxylic acids is 3. The van der Waals surface area contributed by atoms with Crippen LogP contribution < -0.4 is 11.1 Å². The summed E-state index contributed by atoms with van der Waals surface area (Å²) < 4.78 is 5.06. The van der Waals surface area contributed by atoms with Crippen LogP contribution in [-0.4, -0.2) is 30.4 Å². The number of nitrogens with two attached hydrogens (primary N) is 1. The molecule has 0 fully saturated rings. The Hall–Kier alpha value is -3.93. The number of amides is 2. The Balaban J connectivity index is 2.12. The first-order chi connectivity index (χ1) is 16.4. The van der Waals surface area contributed by atoms with Crippen LogP contribution in [0.3, 0.4) is 0 Å². The van der Waals surface area contributed by atoms with Crippen molar-refractivity contribution in [3.8, 4) is 0 Å². The fourth-order valence-corrected chi connectivity index (χ4v) is 4.20. The van der Waals surface area contributed by atoms with Gasteiger partial charge in [-0.15, -0.1) is 0 Å². The first kappa shape index (κ1) is 24.7. The van der Waals surface area contributed by atoms with E-state index in [1.807, 2.05) is 91.0 Å². The monoisotopic (exact) mass is 458 g/mol. The Morgan fingerprint density at radius 1 is 0.824 bits per heavy atom. The van der Waals surface area contributed by atoms with Crippen molar-refractivity contribution < 1.29 is 19.1 Å². The van der Waals surface area contributed by atoms with Gasteiger partial charge in [0, 0.05) is 0 Å². The molecular weight excluding hydrogens is 428 g/mol. The van der Waals surface area contributed by atoms with Gasteiger partial charge in [-0.25, -0.2) is 0 Å². The van der Waals surface area contributed by atoms with E-state index in [1.165, 1.54) is 0 Å². The third kappa shape index (κ3) is 5.17. The number of esters is 1. The Labute approximate surface area is 200 Å². The van der Waals surface area contributed by atoms with Crippen molar-refractivity contribution in [3.63, 3.8) is 0 Å². The van der Waals surface area contributed by atoms with E-state index in [1.54, 1.807) is 13.8 Å². The second-order valence-electron chi connectivity index (χ2n) is 8.17. The van der Waals surface area contributed by atoms with Crippen LogP contribution in [0.2, 0.25) is 0 Å². The number of hydrogen-bond acceptors (Lipinski definition) is 4. The van der Waals surface area contributed by atoms with Crippen molar-refractivity contribution in [2.24, 2.45) is 11.7 Å². The molecule has 6 nitrogen and oxygen atoms in total. The lowest BCUT2D eigenvalue weighted by Gasteiger charge is -2.35. The van der Waals surface area contributed by atoms with E-state index in [0.717, 1.165) is 16.7 Å². The molecule has 0 aliphatic carbocycles. The van der Waals surface area contributed by atoms with Crippen LogP contribution in [0.25, 0.3) is 0 Å². The molecule has 3 aromatic rings. The normalized spacial score (nSPS) is 12.9. The van der Waals surface area contributed by atoms with Gasteiger partial charge in [0.15, 0.2) is 0 Å². The van der Waals surface area contributed by atoms with Gasteiger partial charge in [0.2, 0.25) is 11.8 Å². The molecular formula is C28H30N2O4. The molecule has 3 rings (SSSR count). The lowest BCUT2D eigenvalue weighted by Crippen LogP contribution is -2.54. The molecule has 0 saturated heterocycles. The minimum Gasteiger partial charge on any atom is -0.466 e. The van der Waals surface area contributed by atoms with Crippen LogP contribution >= 0.6 is 0 Å². The van der Waals surface area contributed by atoms with Crippen molar-refractivity contribution >= 4 is 17.8 Å². The van der Waals surface area contributed by atoms with Crippen LogP contribution in [-0.2, 0) is 24.5 Å². The Bertz CT molecular complexity index is 1000. The van der Waals surface area contributed by atoms with Crippen molar-refractivity contribution in [2.45, 2.75) is 31.7 Å². The highest BCUT2D eigenvalue weighted by molar-refractivity contribution is 5.98. The summed E-state index contributed by atoms with van der Waals surface area (Å²) in [5.74, 6) is -2.18. The van der Waals surface area contributed by atoms with E-state index >= 15 is 0 Å². The Morgan fingerprint density at radius 2 is 1.24 bits per heavy atom. The van der Waals surface area contributed by atoms with E-state index in [-0.39, 0.29) is 13.0 Å². The molecule has 0 bridgehead atoms. The number of benzene rings is 3. The van der Waals surface area contributed by atoms with Gasteiger partial charge in [-0.05, 0) is 30.0 Å². The van der Waals surface area contributed by atoms with Gasteiger partial charge in [-0.2, -0.15) is 0 Å². The molecule has 2 atom stereocenters. The number of primary amides is 1. The number of carbonyl (C=O) groups is 3. The molecule has 176 valence electrons. The summed E-state index contributed by atoms with van der Waals surface area (Å²) in [5.41, 5.74) is 6.64. The highest BCUT2D eigenvalue weighted by Gasteiger charge is 2.45. The summed E-state index contributed by atoms with van der Waals surface area (Å²) in [7, 11) is 0. The molecule has 34 heavy (non-hydrogen) atoms. The van der Waals surface area contributed by atoms with Gasteiger partial charge in [0.05, 0.1) is 12.5 Å². The van der Waals surface area contributed by atoms with Crippen molar-refractivity contribution in [2.75, 3.05) is 6.61 Å². The van der Waals surface area contributed by atoms with E-state index < -0.39 is 35.2 Å². The molecule has 2 amide bonds. The SMILES string of the molecule is CCOC(=O)[C@@H](C)C[C@H](NC(=O)C(c1ccccc1)(c1ccccc1)c1ccccc1)C(N)=O. The molecule has 6 heteroatoms. The molecule has 3 N–H and O–H groups in total. The highest BCUT2D eigenvalue weighted by atomic mass is 16.5. The van der Waals surface area contributed by atoms with Crippen molar-refractivity contribution in [1.29, 1.82) is 0 Å². The van der Waals surface area contributed by atoms with Crippen molar-refractivity contribution in [3.05, 3.63) is 108 Å². The molecule has 0 aromatic heterocycles. The van der Waals surface area contributed by atoms with Gasteiger partial charge in [0.1, 0.15) is 11.5 Å². The fraction of sp³-hybridized carbons (Fsp3) is 0.250. The third-order valence-electron chi connectivity index (χ3n) is 5.89. The molecule has 3 aromatic carbocycles. The Kier molecular flexibility index (Phi) is 8.19. The minimum absolute atomic E-state index is 0.0361. The first-order valence-electron chi connectivity index (χ1n) is 11.3. The van der Waals surface area contributed by atoms with Crippen LogP contribution in [0.1, 0.15) is 37.0 Å². The average molecular weight is 459 g/mol. The van der Waals surface area contributed by atoms with Gasteiger partial charge < -0.3 is 15.8 Å². The van der Waals surface area contributed by atoms with Crippen molar-refractivity contribution in [1.82, 2.24) is 5.32 Å². The Morgan fingerprint density at radius 3 is 1.59 bits per heavy atom. The molecule has 0 spiro atoms. The van der Waals surface area contributed by atoms with Crippen LogP contribution in [0.5, 0.6) is 0 Å². The quantitative estimate of drug-likeness (QED) is 0.358. The summed E-state index contributed by atoms with van der Waals surface area (Å²) >= 11 is 0. The maximum atomic E-state index is 14.2. The molecule has 0 unspecified atom stereocenters. The molecule has 0 heterocycles. The van der Waals surface area contributed by atoms with Gasteiger partial charge in [-0.1, -0.05) is 97.9 Å². The number of nitrogens with one attached hydrogen (secondary N) is 1. The standard InChI is InChI=1S/C28H30N2O4/c1-3-34-26(32)20(2)19-24(25(29)31)30-27(33)28(21-13-7-4-8-14-21,22-15-9-5-10-16-22)23-17-11-6-12-18-23/h4-18,20,24H,3,19H2,1-2H3,(H2,29,31)(H,30,33)/t20-,24-/m0/s1. The third-order valence-corrected chi connectivity index (χ3v) is 5.89. The smallest absolute Gasteiger partial charge is 0.308 e. The number of ether oxygens (including phenoxy) is 1. The first-order valence-corrected chi connectivity index (χ1v) is 11.3. The van der Waals surface area contributed by atoms with E-state index in [9.17, 15) is 14.4 Å². The summed E-state index contributed by atoms with van der Waals surface area (Å²) in [6, 6.07) is 27.2. The second kappa shape index (κ2) is 11.3. The van der Waals surface area contributed by atoms with E-state index in [2.05, 4.69) is 5.32 Å². The topological polar surface area (TPSA) is 98.5 Å². The van der Waals surface area contributed by atoms with E-state index in [4.69, 9.17) is 10.5 Å². The predicted molar refractivity (Wildman–Crippen MR) is 131 cm³/mol. The van der Waals surface area contributed by atoms with Gasteiger partial charge >= 0.3 is 5.97 Å². The molecule has 0 aliphatic heterocycles. The molecule has 0 aliphatic rings. The predicted octanol–water partition coefficient (Wildman–Crippen LogP) is 3.58. The zero-order valence-electron chi connectivity index (χ0n) is 19.4. The van der Waals surface area contributed by atoms with Crippen LogP contribution in [0, 0.1) is 5.92 Å². The minimum atomic E-state index is -1.25. The maximum Gasteiger partial charge on any atom is 0.308 e. The number of rotatable bonds is 10. The summed E-state index contributed by atoms with van der Waals surface area (Å²) in [5, 5.41) is 2.86. The lowest BCUT2D eigenvalue weighted by atomic mass is 9.68. The molecule has 0 radical (unpaired) electrons. The summed E-state index contributed by atoms with van der Waals surface area (Å²) in [6.45, 7) is 3.60. The van der Waals surface area contributed by atoms with Crippen LogP contribution in [0.15, 0.2) is 91.0 Å². The van der Waals surface area contributed by atoms with Crippen LogP contribution in [0.4, 0.5) is 0 Å². The highest BCUT2D eigenvalue weighted by Crippen LogP contribution is 2.39. The fourth-order valence-electron chi connectivity index (χ4n) is 4.20. The zero-order chi connectivity index (χ0) is 24.6. The zero-order valence-corrected chi connectivity index (χ0v) is 19.4.